The van der Waals surface area contributed by atoms with Crippen LogP contribution in [0.25, 0.3) is 0 Å². The molecule has 0 unspecified atom stereocenters. The third-order valence-corrected chi connectivity index (χ3v) is 3.86. The SMILES string of the molecule is Cn1ccnc1C(=O)c1cccc(NC(=O)C(=O)NCC2CC2)c1. The largest absolute Gasteiger partial charge is 0.348 e. The van der Waals surface area contributed by atoms with Crippen LogP contribution in [0.4, 0.5) is 5.69 Å². The first-order valence-electron chi connectivity index (χ1n) is 7.76. The predicted molar refractivity (Wildman–Crippen MR) is 87.4 cm³/mol. The van der Waals surface area contributed by atoms with Crippen LogP contribution in [0.3, 0.4) is 0 Å². The predicted octanol–water partition coefficient (Wildman–Crippen LogP) is 1.12. The van der Waals surface area contributed by atoms with Crippen LogP contribution in [-0.2, 0) is 16.6 Å². The van der Waals surface area contributed by atoms with E-state index >= 15 is 0 Å². The lowest BCUT2D eigenvalue weighted by Gasteiger charge is -2.07. The zero-order chi connectivity index (χ0) is 17.1. The molecule has 2 aromatic rings. The molecular formula is C17H18N4O3. The van der Waals surface area contributed by atoms with Crippen molar-refractivity contribution in [2.75, 3.05) is 11.9 Å². The Morgan fingerprint density at radius 2 is 2.04 bits per heavy atom. The number of nitrogens with zero attached hydrogens (tertiary/aromatic N) is 2. The van der Waals surface area contributed by atoms with Crippen LogP contribution in [0.5, 0.6) is 0 Å². The number of nitrogens with one attached hydrogen (secondary N) is 2. The van der Waals surface area contributed by atoms with Crippen molar-refractivity contribution in [1.29, 1.82) is 0 Å². The molecule has 24 heavy (non-hydrogen) atoms. The van der Waals surface area contributed by atoms with Gasteiger partial charge in [-0.1, -0.05) is 12.1 Å². The molecule has 0 bridgehead atoms. The number of amides is 2. The molecule has 124 valence electrons. The molecule has 2 amide bonds. The van der Waals surface area contributed by atoms with Crippen LogP contribution in [0.1, 0.15) is 29.0 Å². The number of hydrogen-bond acceptors (Lipinski definition) is 4. The summed E-state index contributed by atoms with van der Waals surface area (Å²) < 4.78 is 1.62. The van der Waals surface area contributed by atoms with E-state index in [0.717, 1.165) is 12.8 Å². The third-order valence-electron chi connectivity index (χ3n) is 3.86. The highest BCUT2D eigenvalue weighted by atomic mass is 16.2. The summed E-state index contributed by atoms with van der Waals surface area (Å²) in [6.07, 6.45) is 5.42. The van der Waals surface area contributed by atoms with E-state index in [-0.39, 0.29) is 5.78 Å². The van der Waals surface area contributed by atoms with Crippen LogP contribution < -0.4 is 10.6 Å². The molecule has 7 heteroatoms. The van der Waals surface area contributed by atoms with E-state index in [1.165, 1.54) is 6.07 Å². The van der Waals surface area contributed by atoms with E-state index in [1.807, 2.05) is 0 Å². The fourth-order valence-electron chi connectivity index (χ4n) is 2.28. The molecule has 0 spiro atoms. The van der Waals surface area contributed by atoms with Gasteiger partial charge in [0.15, 0.2) is 5.82 Å². The molecule has 1 aromatic heterocycles. The smallest absolute Gasteiger partial charge is 0.313 e. The van der Waals surface area contributed by atoms with Gasteiger partial charge in [0.2, 0.25) is 5.78 Å². The van der Waals surface area contributed by atoms with E-state index in [2.05, 4.69) is 15.6 Å². The number of carbonyl (C=O) groups is 3. The van der Waals surface area contributed by atoms with Crippen molar-refractivity contribution in [2.45, 2.75) is 12.8 Å². The molecule has 1 saturated carbocycles. The van der Waals surface area contributed by atoms with Gasteiger partial charge in [-0.3, -0.25) is 14.4 Å². The van der Waals surface area contributed by atoms with Crippen molar-refractivity contribution in [3.63, 3.8) is 0 Å². The van der Waals surface area contributed by atoms with Crippen molar-refractivity contribution < 1.29 is 14.4 Å². The van der Waals surface area contributed by atoms with Gasteiger partial charge in [0.25, 0.3) is 0 Å². The minimum Gasteiger partial charge on any atom is -0.348 e. The summed E-state index contributed by atoms with van der Waals surface area (Å²) in [6.45, 7) is 0.532. The maximum atomic E-state index is 12.4. The number of aromatic nitrogens is 2. The Morgan fingerprint density at radius 3 is 2.71 bits per heavy atom. The molecule has 1 heterocycles. The van der Waals surface area contributed by atoms with Gasteiger partial charge in [-0.05, 0) is 30.9 Å². The Morgan fingerprint density at radius 1 is 1.25 bits per heavy atom. The second kappa shape index (κ2) is 6.66. The van der Waals surface area contributed by atoms with Crippen molar-refractivity contribution >= 4 is 23.3 Å². The summed E-state index contributed by atoms with van der Waals surface area (Å²) in [5, 5.41) is 5.11. The Labute approximate surface area is 139 Å². The molecule has 0 radical (unpaired) electrons. The molecule has 7 nitrogen and oxygen atoms in total. The quantitative estimate of drug-likeness (QED) is 0.636. The van der Waals surface area contributed by atoms with Crippen molar-refractivity contribution in [3.8, 4) is 0 Å². The first kappa shape index (κ1) is 15.9. The standard InChI is InChI=1S/C17H18N4O3/c1-21-8-7-18-15(21)14(22)12-3-2-4-13(9-12)20-17(24)16(23)19-10-11-5-6-11/h2-4,7-9,11H,5-6,10H2,1H3,(H,19,23)(H,20,24). The fourth-order valence-corrected chi connectivity index (χ4v) is 2.28. The monoisotopic (exact) mass is 326 g/mol. The molecule has 0 aliphatic heterocycles. The van der Waals surface area contributed by atoms with Crippen LogP contribution in [0.15, 0.2) is 36.7 Å². The number of ketones is 1. The molecule has 0 saturated heterocycles. The summed E-state index contributed by atoms with van der Waals surface area (Å²) in [5.41, 5.74) is 0.780. The zero-order valence-electron chi connectivity index (χ0n) is 13.3. The second-order valence-electron chi connectivity index (χ2n) is 5.88. The Hall–Kier alpha value is -2.96. The molecule has 2 N–H and O–H groups in total. The summed E-state index contributed by atoms with van der Waals surface area (Å²) in [6, 6.07) is 6.44. The van der Waals surface area contributed by atoms with Gasteiger partial charge in [-0.15, -0.1) is 0 Å². The number of carbonyl (C=O) groups excluding carboxylic acids is 3. The number of hydrogen-bond donors (Lipinski definition) is 2. The fraction of sp³-hybridized carbons (Fsp3) is 0.294. The first-order chi connectivity index (χ1) is 11.5. The van der Waals surface area contributed by atoms with Gasteiger partial charge < -0.3 is 15.2 Å². The highest BCUT2D eigenvalue weighted by Gasteiger charge is 2.23. The van der Waals surface area contributed by atoms with Gasteiger partial charge in [0.1, 0.15) is 0 Å². The molecule has 1 aliphatic rings. The minimum atomic E-state index is -0.739. The molecule has 3 rings (SSSR count). The molecule has 1 aliphatic carbocycles. The summed E-state index contributed by atoms with van der Waals surface area (Å²) in [4.78, 5) is 40.0. The minimum absolute atomic E-state index is 0.253. The Balaban J connectivity index is 1.66. The number of aryl methyl sites for hydroxylation is 1. The van der Waals surface area contributed by atoms with Gasteiger partial charge >= 0.3 is 11.8 Å². The lowest BCUT2D eigenvalue weighted by atomic mass is 10.1. The lowest BCUT2D eigenvalue weighted by molar-refractivity contribution is -0.136. The Kier molecular flexibility index (Phi) is 4.41. The average Bonchev–Trinajstić information content (AvgIpc) is 3.31. The maximum Gasteiger partial charge on any atom is 0.313 e. The second-order valence-corrected chi connectivity index (χ2v) is 5.88. The molecule has 1 fully saturated rings. The van der Waals surface area contributed by atoms with E-state index in [9.17, 15) is 14.4 Å². The molecule has 0 atom stereocenters. The van der Waals surface area contributed by atoms with E-state index < -0.39 is 11.8 Å². The lowest BCUT2D eigenvalue weighted by Crippen LogP contribution is -2.36. The van der Waals surface area contributed by atoms with Gasteiger partial charge in [0.05, 0.1) is 0 Å². The van der Waals surface area contributed by atoms with Crippen LogP contribution in [0, 0.1) is 5.92 Å². The number of rotatable bonds is 5. The summed E-state index contributed by atoms with van der Waals surface area (Å²) in [5.74, 6) is -0.849. The van der Waals surface area contributed by atoms with Crippen LogP contribution >= 0.6 is 0 Å². The Bertz CT molecular complexity index is 793. The van der Waals surface area contributed by atoms with Gasteiger partial charge in [-0.2, -0.15) is 0 Å². The van der Waals surface area contributed by atoms with Crippen molar-refractivity contribution in [1.82, 2.24) is 14.9 Å². The number of imidazole rings is 1. The van der Waals surface area contributed by atoms with E-state index in [1.54, 1.807) is 42.2 Å². The van der Waals surface area contributed by atoms with E-state index in [4.69, 9.17) is 0 Å². The van der Waals surface area contributed by atoms with Gasteiger partial charge in [-0.25, -0.2) is 4.98 Å². The molecule has 1 aromatic carbocycles. The van der Waals surface area contributed by atoms with Crippen molar-refractivity contribution in [3.05, 3.63) is 48.0 Å². The average molecular weight is 326 g/mol. The number of benzene rings is 1. The van der Waals surface area contributed by atoms with Crippen LogP contribution in [0.2, 0.25) is 0 Å². The highest BCUT2D eigenvalue weighted by molar-refractivity contribution is 6.39. The van der Waals surface area contributed by atoms with E-state index in [0.29, 0.717) is 29.5 Å². The zero-order valence-corrected chi connectivity index (χ0v) is 13.3. The number of anilines is 1. The first-order valence-corrected chi connectivity index (χ1v) is 7.76. The molecular weight excluding hydrogens is 308 g/mol. The summed E-state index contributed by atoms with van der Waals surface area (Å²) in [7, 11) is 1.73. The maximum absolute atomic E-state index is 12.4. The van der Waals surface area contributed by atoms with Crippen molar-refractivity contribution in [2.24, 2.45) is 13.0 Å². The summed E-state index contributed by atoms with van der Waals surface area (Å²) >= 11 is 0. The third kappa shape index (κ3) is 3.68. The normalized spacial score (nSPS) is 13.4. The van der Waals surface area contributed by atoms with Gasteiger partial charge in [0, 0.05) is 37.2 Å². The topological polar surface area (TPSA) is 93.1 Å². The highest BCUT2D eigenvalue weighted by Crippen LogP contribution is 2.27. The van der Waals surface area contributed by atoms with Crippen LogP contribution in [-0.4, -0.2) is 33.7 Å².